The lowest BCUT2D eigenvalue weighted by atomic mass is 9.98. The second-order valence-corrected chi connectivity index (χ2v) is 11.3. The fraction of sp³-hybridized carbons (Fsp3) is 0.314. The third-order valence-electron chi connectivity index (χ3n) is 7.83. The van der Waals surface area contributed by atoms with Crippen LogP contribution in [0.15, 0.2) is 85.3 Å². The van der Waals surface area contributed by atoms with E-state index in [0.29, 0.717) is 30.3 Å². The van der Waals surface area contributed by atoms with Gasteiger partial charge in [-0.25, -0.2) is 4.98 Å². The summed E-state index contributed by atoms with van der Waals surface area (Å²) in [4.78, 5) is 19.9. The van der Waals surface area contributed by atoms with Gasteiger partial charge in [0.05, 0.1) is 38.6 Å². The van der Waals surface area contributed by atoms with Crippen molar-refractivity contribution in [3.63, 3.8) is 0 Å². The minimum atomic E-state index is -0.161. The summed E-state index contributed by atoms with van der Waals surface area (Å²) >= 11 is 5.93. The van der Waals surface area contributed by atoms with E-state index in [1.807, 2.05) is 65.2 Å². The first kappa shape index (κ1) is 33.0. The Morgan fingerprint density at radius 3 is 2.22 bits per heavy atom. The molecular formula is C35H40N6O3S. The standard InChI is InChI=1S/C35H40N6O3S/c1-5-25(2)33(39-34(42)18-30-20-37-24-41(30)22-27-8-6-26(19-36)7-9-27)23-40(21-28-10-14-31(43-3)15-11-28)35(45)38-29-12-16-32(44-4)17-13-29/h6-17,20,24-25,33H,5,18,21-23H2,1-4H3,(H,38,45)(H,39,42)/t25-,33+/m0/s1. The highest BCUT2D eigenvalue weighted by atomic mass is 32.1. The number of carbonyl (C=O) groups excluding carboxylic acids is 1. The summed E-state index contributed by atoms with van der Waals surface area (Å²) in [5.74, 6) is 1.66. The van der Waals surface area contributed by atoms with Crippen molar-refractivity contribution in [2.24, 2.45) is 5.92 Å². The molecule has 0 spiro atoms. The summed E-state index contributed by atoms with van der Waals surface area (Å²) in [5, 5.41) is 16.3. The minimum absolute atomic E-state index is 0.0830. The van der Waals surface area contributed by atoms with Crippen LogP contribution in [0.25, 0.3) is 0 Å². The normalized spacial score (nSPS) is 12.0. The summed E-state index contributed by atoms with van der Waals surface area (Å²) in [7, 11) is 3.28. The maximum Gasteiger partial charge on any atom is 0.226 e. The van der Waals surface area contributed by atoms with Crippen LogP contribution in [-0.2, 0) is 24.3 Å². The Morgan fingerprint density at radius 1 is 1.00 bits per heavy atom. The number of aromatic nitrogens is 2. The summed E-state index contributed by atoms with van der Waals surface area (Å²) in [6.07, 6.45) is 4.53. The van der Waals surface area contributed by atoms with E-state index in [1.54, 1.807) is 38.9 Å². The number of nitrogens with one attached hydrogen (secondary N) is 2. The lowest BCUT2D eigenvalue weighted by Crippen LogP contribution is -2.50. The average molecular weight is 625 g/mol. The molecule has 0 saturated carbocycles. The molecule has 4 rings (SSSR count). The molecular weight excluding hydrogens is 584 g/mol. The molecule has 0 radical (unpaired) electrons. The Labute approximate surface area is 270 Å². The first-order chi connectivity index (χ1) is 21.8. The van der Waals surface area contributed by atoms with Crippen LogP contribution >= 0.6 is 12.2 Å². The van der Waals surface area contributed by atoms with Crippen molar-refractivity contribution in [1.82, 2.24) is 19.8 Å². The quantitative estimate of drug-likeness (QED) is 0.170. The third kappa shape index (κ3) is 9.55. The average Bonchev–Trinajstić information content (AvgIpc) is 3.50. The molecule has 0 aliphatic rings. The van der Waals surface area contributed by atoms with Crippen LogP contribution < -0.4 is 20.1 Å². The van der Waals surface area contributed by atoms with Crippen LogP contribution in [0.1, 0.15) is 42.7 Å². The zero-order chi connectivity index (χ0) is 32.2. The van der Waals surface area contributed by atoms with E-state index in [-0.39, 0.29) is 24.3 Å². The topological polar surface area (TPSA) is 104 Å². The monoisotopic (exact) mass is 624 g/mol. The Balaban J connectivity index is 1.49. The molecule has 3 aromatic carbocycles. The van der Waals surface area contributed by atoms with Gasteiger partial charge in [0, 0.05) is 43.3 Å². The number of thiocarbonyl (C=S) groups is 1. The van der Waals surface area contributed by atoms with E-state index in [9.17, 15) is 4.79 Å². The Kier molecular flexibility index (Phi) is 11.9. The molecule has 10 heteroatoms. The molecule has 0 saturated heterocycles. The van der Waals surface area contributed by atoms with E-state index in [0.717, 1.165) is 40.4 Å². The van der Waals surface area contributed by atoms with E-state index < -0.39 is 0 Å². The summed E-state index contributed by atoms with van der Waals surface area (Å²) in [6, 6.07) is 24.9. The van der Waals surface area contributed by atoms with Crippen LogP contribution in [-0.4, -0.2) is 52.3 Å². The van der Waals surface area contributed by atoms with Crippen LogP contribution in [0, 0.1) is 17.2 Å². The van der Waals surface area contributed by atoms with E-state index in [1.165, 1.54) is 0 Å². The number of hydrogen-bond donors (Lipinski definition) is 2. The molecule has 234 valence electrons. The number of imidazole rings is 1. The molecule has 0 aliphatic heterocycles. The highest BCUT2D eigenvalue weighted by molar-refractivity contribution is 7.80. The number of ether oxygens (including phenoxy) is 2. The van der Waals surface area contributed by atoms with Gasteiger partial charge in [-0.1, -0.05) is 44.5 Å². The maximum absolute atomic E-state index is 13.5. The van der Waals surface area contributed by atoms with E-state index in [2.05, 4.69) is 40.4 Å². The molecule has 0 fully saturated rings. The van der Waals surface area contributed by atoms with Crippen molar-refractivity contribution in [2.75, 3.05) is 26.1 Å². The molecule has 1 aromatic heterocycles. The van der Waals surface area contributed by atoms with E-state index >= 15 is 0 Å². The molecule has 0 unspecified atom stereocenters. The number of benzene rings is 3. The Morgan fingerprint density at radius 2 is 1.62 bits per heavy atom. The van der Waals surface area contributed by atoms with Gasteiger partial charge in [0.1, 0.15) is 11.5 Å². The van der Waals surface area contributed by atoms with Crippen LogP contribution in [0.2, 0.25) is 0 Å². The fourth-order valence-electron chi connectivity index (χ4n) is 4.88. The fourth-order valence-corrected chi connectivity index (χ4v) is 5.14. The van der Waals surface area contributed by atoms with Gasteiger partial charge in [-0.3, -0.25) is 4.79 Å². The van der Waals surface area contributed by atoms with Gasteiger partial charge in [-0.05, 0) is 77.8 Å². The maximum atomic E-state index is 13.5. The number of anilines is 1. The van der Waals surface area contributed by atoms with Crippen molar-refractivity contribution in [2.45, 2.75) is 45.8 Å². The van der Waals surface area contributed by atoms with Gasteiger partial charge in [0.2, 0.25) is 5.91 Å². The molecule has 0 aliphatic carbocycles. The molecule has 4 aromatic rings. The molecule has 0 bridgehead atoms. The zero-order valence-corrected chi connectivity index (χ0v) is 27.0. The summed E-state index contributed by atoms with van der Waals surface area (Å²) < 4.78 is 12.6. The van der Waals surface area contributed by atoms with Gasteiger partial charge in [0.25, 0.3) is 0 Å². The van der Waals surface area contributed by atoms with Gasteiger partial charge < -0.3 is 29.6 Å². The Hall–Kier alpha value is -4.88. The predicted octanol–water partition coefficient (Wildman–Crippen LogP) is 5.79. The van der Waals surface area contributed by atoms with Crippen LogP contribution in [0.5, 0.6) is 11.5 Å². The number of hydrogen-bond acceptors (Lipinski definition) is 6. The second kappa shape index (κ2) is 16.3. The predicted molar refractivity (Wildman–Crippen MR) is 180 cm³/mol. The van der Waals surface area contributed by atoms with Crippen molar-refractivity contribution < 1.29 is 14.3 Å². The smallest absolute Gasteiger partial charge is 0.226 e. The highest BCUT2D eigenvalue weighted by Gasteiger charge is 2.24. The van der Waals surface area contributed by atoms with E-state index in [4.69, 9.17) is 27.0 Å². The number of amides is 1. The van der Waals surface area contributed by atoms with Crippen molar-refractivity contribution in [3.8, 4) is 17.6 Å². The van der Waals surface area contributed by atoms with Gasteiger partial charge in [0.15, 0.2) is 5.11 Å². The highest BCUT2D eigenvalue weighted by Crippen LogP contribution is 2.19. The third-order valence-corrected chi connectivity index (χ3v) is 8.19. The molecule has 2 atom stereocenters. The van der Waals surface area contributed by atoms with Gasteiger partial charge >= 0.3 is 0 Å². The lowest BCUT2D eigenvalue weighted by Gasteiger charge is -2.33. The SMILES string of the molecule is CC[C@H](C)[C@@H](CN(Cc1ccc(OC)cc1)C(=S)Nc1ccc(OC)cc1)NC(=O)Cc1cncn1Cc1ccc(C#N)cc1. The minimum Gasteiger partial charge on any atom is -0.497 e. The molecule has 9 nitrogen and oxygen atoms in total. The Bertz CT molecular complexity index is 1580. The van der Waals surface area contributed by atoms with Crippen LogP contribution in [0.4, 0.5) is 5.69 Å². The first-order valence-electron chi connectivity index (χ1n) is 14.9. The van der Waals surface area contributed by atoms with Crippen molar-refractivity contribution >= 4 is 28.9 Å². The molecule has 1 heterocycles. The van der Waals surface area contributed by atoms with Gasteiger partial charge in [-0.2, -0.15) is 5.26 Å². The number of carbonyl (C=O) groups is 1. The zero-order valence-electron chi connectivity index (χ0n) is 26.2. The summed E-state index contributed by atoms with van der Waals surface area (Å²) in [6.45, 7) is 5.89. The number of methoxy groups -OCH3 is 2. The number of rotatable bonds is 14. The molecule has 1 amide bonds. The molecule has 2 N–H and O–H groups in total. The molecule has 45 heavy (non-hydrogen) atoms. The lowest BCUT2D eigenvalue weighted by molar-refractivity contribution is -0.121. The van der Waals surface area contributed by atoms with Crippen molar-refractivity contribution in [3.05, 3.63) is 108 Å². The number of nitrogens with zero attached hydrogens (tertiary/aromatic N) is 4. The largest absolute Gasteiger partial charge is 0.497 e. The first-order valence-corrected chi connectivity index (χ1v) is 15.3. The van der Waals surface area contributed by atoms with Gasteiger partial charge in [-0.15, -0.1) is 0 Å². The van der Waals surface area contributed by atoms with Crippen molar-refractivity contribution in [1.29, 1.82) is 5.26 Å². The van der Waals surface area contributed by atoms with Crippen LogP contribution in [0.3, 0.4) is 0 Å². The summed E-state index contributed by atoms with van der Waals surface area (Å²) in [5.41, 5.74) is 4.36. The number of nitriles is 1. The second-order valence-electron chi connectivity index (χ2n) is 10.9.